The second-order valence-electron chi connectivity index (χ2n) is 6.67. The van der Waals surface area contributed by atoms with Gasteiger partial charge in [0.05, 0.1) is 0 Å². The summed E-state index contributed by atoms with van der Waals surface area (Å²) in [6, 6.07) is 9.16. The van der Waals surface area contributed by atoms with E-state index >= 15 is 0 Å². The van der Waals surface area contributed by atoms with Gasteiger partial charge in [0.2, 0.25) is 0 Å². The maximum atomic E-state index is 3.50. The molecule has 20 heavy (non-hydrogen) atoms. The van der Waals surface area contributed by atoms with Crippen LogP contribution in [0.5, 0.6) is 0 Å². The standard InChI is InChI=1S/C18H29NS/c1-14(2)12-19-13-16-6-10-18(11-7-16)20-17-8-4-15(3)5-9-17/h6-7,10-11,14-15,17,19H,4-5,8-9,12-13H2,1-3H3. The lowest BCUT2D eigenvalue weighted by Gasteiger charge is -2.25. The number of hydrogen-bond donors (Lipinski definition) is 1. The van der Waals surface area contributed by atoms with Crippen molar-refractivity contribution >= 4 is 11.8 Å². The van der Waals surface area contributed by atoms with Crippen molar-refractivity contribution in [2.24, 2.45) is 11.8 Å². The maximum absolute atomic E-state index is 3.50. The molecule has 2 rings (SSSR count). The normalized spacial score (nSPS) is 23.2. The van der Waals surface area contributed by atoms with Crippen molar-refractivity contribution in [1.29, 1.82) is 0 Å². The average Bonchev–Trinajstić information content (AvgIpc) is 2.43. The molecule has 0 unspecified atom stereocenters. The molecule has 1 nitrogen and oxygen atoms in total. The van der Waals surface area contributed by atoms with E-state index in [-0.39, 0.29) is 0 Å². The van der Waals surface area contributed by atoms with E-state index in [1.807, 2.05) is 0 Å². The van der Waals surface area contributed by atoms with Crippen LogP contribution in [0, 0.1) is 11.8 Å². The van der Waals surface area contributed by atoms with Crippen molar-refractivity contribution in [3.63, 3.8) is 0 Å². The minimum atomic E-state index is 0.721. The Kier molecular flexibility index (Phi) is 6.44. The van der Waals surface area contributed by atoms with Crippen LogP contribution in [0.2, 0.25) is 0 Å². The van der Waals surface area contributed by atoms with Crippen molar-refractivity contribution in [1.82, 2.24) is 5.32 Å². The summed E-state index contributed by atoms with van der Waals surface area (Å²) in [7, 11) is 0. The number of hydrogen-bond acceptors (Lipinski definition) is 2. The van der Waals surface area contributed by atoms with E-state index in [0.717, 1.165) is 30.2 Å². The molecule has 0 heterocycles. The van der Waals surface area contributed by atoms with Gasteiger partial charge in [0.25, 0.3) is 0 Å². The van der Waals surface area contributed by atoms with Gasteiger partial charge in [-0.25, -0.2) is 0 Å². The Morgan fingerprint density at radius 2 is 1.75 bits per heavy atom. The summed E-state index contributed by atoms with van der Waals surface area (Å²) in [6.45, 7) is 8.97. The molecular weight excluding hydrogens is 262 g/mol. The van der Waals surface area contributed by atoms with E-state index < -0.39 is 0 Å². The Labute approximate surface area is 128 Å². The minimum absolute atomic E-state index is 0.721. The van der Waals surface area contributed by atoms with Crippen LogP contribution in [-0.2, 0) is 6.54 Å². The van der Waals surface area contributed by atoms with Crippen LogP contribution in [0.15, 0.2) is 29.2 Å². The highest BCUT2D eigenvalue weighted by molar-refractivity contribution is 8.00. The zero-order chi connectivity index (χ0) is 14.4. The first-order valence-corrected chi connectivity index (χ1v) is 8.97. The Hall–Kier alpha value is -0.470. The van der Waals surface area contributed by atoms with Gasteiger partial charge >= 0.3 is 0 Å². The van der Waals surface area contributed by atoms with Crippen LogP contribution >= 0.6 is 11.8 Å². The number of thioether (sulfide) groups is 1. The molecule has 1 aromatic rings. The highest BCUT2D eigenvalue weighted by Gasteiger charge is 2.18. The number of benzene rings is 1. The summed E-state index contributed by atoms with van der Waals surface area (Å²) in [6.07, 6.45) is 5.61. The molecule has 0 amide bonds. The molecule has 1 aliphatic rings. The van der Waals surface area contributed by atoms with Gasteiger partial charge in [-0.3, -0.25) is 0 Å². The minimum Gasteiger partial charge on any atom is -0.312 e. The average molecular weight is 292 g/mol. The predicted molar refractivity (Wildman–Crippen MR) is 90.3 cm³/mol. The summed E-state index contributed by atoms with van der Waals surface area (Å²) in [5, 5.41) is 4.34. The summed E-state index contributed by atoms with van der Waals surface area (Å²) in [5.74, 6) is 1.67. The second-order valence-corrected chi connectivity index (χ2v) is 8.04. The van der Waals surface area contributed by atoms with Gasteiger partial charge in [-0.2, -0.15) is 0 Å². The molecular formula is C18H29NS. The van der Waals surface area contributed by atoms with E-state index in [2.05, 4.69) is 62.1 Å². The third-order valence-electron chi connectivity index (χ3n) is 4.07. The van der Waals surface area contributed by atoms with Gasteiger partial charge in [0.1, 0.15) is 0 Å². The Balaban J connectivity index is 1.76. The van der Waals surface area contributed by atoms with Crippen LogP contribution in [-0.4, -0.2) is 11.8 Å². The molecule has 0 saturated heterocycles. The van der Waals surface area contributed by atoms with Gasteiger partial charge in [-0.15, -0.1) is 11.8 Å². The lowest BCUT2D eigenvalue weighted by atomic mass is 9.91. The lowest BCUT2D eigenvalue weighted by Crippen LogP contribution is -2.18. The molecule has 0 aliphatic heterocycles. The molecule has 1 aromatic carbocycles. The third kappa shape index (κ3) is 5.49. The quantitative estimate of drug-likeness (QED) is 0.782. The SMILES string of the molecule is CC(C)CNCc1ccc(SC2CCC(C)CC2)cc1. The zero-order valence-electron chi connectivity index (χ0n) is 13.2. The van der Waals surface area contributed by atoms with E-state index in [4.69, 9.17) is 0 Å². The van der Waals surface area contributed by atoms with E-state index in [9.17, 15) is 0 Å². The molecule has 1 N–H and O–H groups in total. The first-order chi connectivity index (χ1) is 9.63. The van der Waals surface area contributed by atoms with E-state index in [1.165, 1.54) is 36.1 Å². The smallest absolute Gasteiger partial charge is 0.0205 e. The van der Waals surface area contributed by atoms with Crippen molar-refractivity contribution in [3.8, 4) is 0 Å². The summed E-state index contributed by atoms with van der Waals surface area (Å²) >= 11 is 2.08. The van der Waals surface area contributed by atoms with Gasteiger partial charge in [-0.1, -0.05) is 32.9 Å². The largest absolute Gasteiger partial charge is 0.312 e. The third-order valence-corrected chi connectivity index (χ3v) is 5.42. The molecule has 0 atom stereocenters. The van der Waals surface area contributed by atoms with E-state index in [1.54, 1.807) is 0 Å². The fourth-order valence-corrected chi connectivity index (χ4v) is 3.92. The van der Waals surface area contributed by atoms with Gasteiger partial charge in [0.15, 0.2) is 0 Å². The highest BCUT2D eigenvalue weighted by Crippen LogP contribution is 2.35. The first-order valence-electron chi connectivity index (χ1n) is 8.10. The Morgan fingerprint density at radius 3 is 2.35 bits per heavy atom. The molecule has 0 aromatic heterocycles. The molecule has 112 valence electrons. The van der Waals surface area contributed by atoms with Gasteiger partial charge < -0.3 is 5.32 Å². The molecule has 0 bridgehead atoms. The molecule has 1 aliphatic carbocycles. The summed E-state index contributed by atoms with van der Waals surface area (Å²) < 4.78 is 0. The van der Waals surface area contributed by atoms with Crippen molar-refractivity contribution < 1.29 is 0 Å². The summed E-state index contributed by atoms with van der Waals surface area (Å²) in [5.41, 5.74) is 1.40. The van der Waals surface area contributed by atoms with Gasteiger partial charge in [-0.05, 0) is 61.8 Å². The van der Waals surface area contributed by atoms with Crippen LogP contribution < -0.4 is 5.32 Å². The molecule has 1 fully saturated rings. The van der Waals surface area contributed by atoms with Crippen LogP contribution in [0.3, 0.4) is 0 Å². The van der Waals surface area contributed by atoms with Gasteiger partial charge in [0, 0.05) is 16.7 Å². The van der Waals surface area contributed by atoms with Crippen LogP contribution in [0.4, 0.5) is 0 Å². The second kappa shape index (κ2) is 8.09. The summed E-state index contributed by atoms with van der Waals surface area (Å²) in [4.78, 5) is 1.44. The maximum Gasteiger partial charge on any atom is 0.0205 e. The van der Waals surface area contributed by atoms with Crippen molar-refractivity contribution in [3.05, 3.63) is 29.8 Å². The Bertz CT molecular complexity index is 377. The van der Waals surface area contributed by atoms with Crippen molar-refractivity contribution in [2.45, 2.75) is 63.1 Å². The number of rotatable bonds is 6. The van der Waals surface area contributed by atoms with Crippen LogP contribution in [0.25, 0.3) is 0 Å². The zero-order valence-corrected chi connectivity index (χ0v) is 14.0. The topological polar surface area (TPSA) is 12.0 Å². The lowest BCUT2D eigenvalue weighted by molar-refractivity contribution is 0.393. The van der Waals surface area contributed by atoms with Crippen molar-refractivity contribution in [2.75, 3.05) is 6.54 Å². The molecule has 0 spiro atoms. The first kappa shape index (κ1) is 15.9. The fourth-order valence-electron chi connectivity index (χ4n) is 2.73. The fraction of sp³-hybridized carbons (Fsp3) is 0.667. The monoisotopic (exact) mass is 291 g/mol. The molecule has 0 radical (unpaired) electrons. The highest BCUT2D eigenvalue weighted by atomic mass is 32.2. The molecule has 2 heteroatoms. The molecule has 1 saturated carbocycles. The Morgan fingerprint density at radius 1 is 1.10 bits per heavy atom. The van der Waals surface area contributed by atoms with Crippen LogP contribution in [0.1, 0.15) is 52.0 Å². The number of nitrogens with one attached hydrogen (secondary N) is 1. The predicted octanol–water partition coefficient (Wildman–Crippen LogP) is 5.10. The van der Waals surface area contributed by atoms with E-state index in [0.29, 0.717) is 0 Å².